The quantitative estimate of drug-likeness (QED) is 0.484. The molecular formula is C6H13NO. The average Bonchev–Trinajstić information content (AvgIpc) is 2.55. The zero-order valence-electron chi connectivity index (χ0n) is 5.15. The average molecular weight is 115 g/mol. The van der Waals surface area contributed by atoms with E-state index < -0.39 is 0 Å². The Morgan fingerprint density at radius 1 is 0.875 bits per heavy atom. The van der Waals surface area contributed by atoms with Crippen molar-refractivity contribution in [3.63, 3.8) is 0 Å². The molecule has 48 valence electrons. The van der Waals surface area contributed by atoms with E-state index in [0.29, 0.717) is 0 Å². The Balaban J connectivity index is 0.0000000907. The summed E-state index contributed by atoms with van der Waals surface area (Å²) in [4.78, 5) is 4.25. The second-order valence-corrected chi connectivity index (χ2v) is 2.20. The molecule has 2 nitrogen and oxygen atoms in total. The van der Waals surface area contributed by atoms with Gasteiger partial charge in [0.05, 0.1) is 0 Å². The van der Waals surface area contributed by atoms with Crippen LogP contribution in [0.3, 0.4) is 0 Å². The molecule has 0 amide bonds. The van der Waals surface area contributed by atoms with Gasteiger partial charge in [0.15, 0.2) is 0 Å². The van der Waals surface area contributed by atoms with E-state index in [1.54, 1.807) is 0 Å². The molecule has 0 radical (unpaired) electrons. The lowest BCUT2D eigenvalue weighted by Crippen LogP contribution is -1.54. The normalized spacial score (nSPS) is 24.0. The first-order valence-corrected chi connectivity index (χ1v) is 3.35. The Bertz CT molecular complexity index is 40.1. The summed E-state index contributed by atoms with van der Waals surface area (Å²) in [7, 11) is 0. The van der Waals surface area contributed by atoms with Crippen molar-refractivity contribution in [3.8, 4) is 0 Å². The van der Waals surface area contributed by atoms with E-state index in [1.165, 1.54) is 32.1 Å². The number of nitrogens with one attached hydrogen (secondary N) is 1. The Morgan fingerprint density at radius 3 is 1.25 bits per heavy atom. The topological polar surface area (TPSA) is 34.5 Å². The van der Waals surface area contributed by atoms with Gasteiger partial charge in [0.25, 0.3) is 0 Å². The van der Waals surface area contributed by atoms with E-state index in [2.05, 4.69) is 10.3 Å². The maximum atomic E-state index is 4.25. The summed E-state index contributed by atoms with van der Waals surface area (Å²) >= 11 is 0. The van der Waals surface area contributed by atoms with Crippen molar-refractivity contribution in [2.24, 2.45) is 0 Å². The Labute approximate surface area is 50.2 Å². The van der Waals surface area contributed by atoms with Crippen LogP contribution < -0.4 is 5.48 Å². The van der Waals surface area contributed by atoms with Gasteiger partial charge in [-0.05, 0) is 0 Å². The molecule has 0 bridgehead atoms. The van der Waals surface area contributed by atoms with Crippen molar-refractivity contribution in [2.75, 3.05) is 6.73 Å². The van der Waals surface area contributed by atoms with Crippen molar-refractivity contribution in [1.29, 1.82) is 0 Å². The van der Waals surface area contributed by atoms with Crippen molar-refractivity contribution in [3.05, 3.63) is 0 Å². The number of rotatable bonds is 0. The van der Waals surface area contributed by atoms with Crippen molar-refractivity contribution in [1.82, 2.24) is 5.48 Å². The minimum atomic E-state index is 0.750. The molecule has 2 heteroatoms. The summed E-state index contributed by atoms with van der Waals surface area (Å²) in [6.07, 6.45) is 7.50. The standard InChI is InChI=1S/C5H10.CH3NO/c1-2-4-5-3-1;1-2-3-1/h1-5H2;2H,1H2. The third-order valence-corrected chi connectivity index (χ3v) is 1.39. The van der Waals surface area contributed by atoms with Crippen molar-refractivity contribution in [2.45, 2.75) is 32.1 Å². The highest BCUT2D eigenvalue weighted by atomic mass is 16.8. The zero-order valence-corrected chi connectivity index (χ0v) is 5.15. The SMILES string of the molecule is C1CCCC1.C1NO1. The molecule has 0 aromatic heterocycles. The highest BCUT2D eigenvalue weighted by molar-refractivity contribution is 4.51. The van der Waals surface area contributed by atoms with E-state index in [4.69, 9.17) is 0 Å². The van der Waals surface area contributed by atoms with Gasteiger partial charge in [0.2, 0.25) is 0 Å². The van der Waals surface area contributed by atoms with E-state index in [9.17, 15) is 0 Å². The van der Waals surface area contributed by atoms with Crippen LogP contribution >= 0.6 is 0 Å². The molecule has 1 saturated heterocycles. The molecule has 8 heavy (non-hydrogen) atoms. The van der Waals surface area contributed by atoms with Crippen LogP contribution in [0.4, 0.5) is 0 Å². The maximum Gasteiger partial charge on any atom is 0.141 e. The molecule has 1 N–H and O–H groups in total. The molecular weight excluding hydrogens is 102 g/mol. The summed E-state index contributed by atoms with van der Waals surface area (Å²) in [6.45, 7) is 0.750. The van der Waals surface area contributed by atoms with Crippen LogP contribution in [-0.2, 0) is 4.84 Å². The second kappa shape index (κ2) is 3.87. The van der Waals surface area contributed by atoms with Gasteiger partial charge in [-0.15, -0.1) is 0 Å². The van der Waals surface area contributed by atoms with Crippen molar-refractivity contribution < 1.29 is 4.84 Å². The number of hydroxylamine groups is 1. The van der Waals surface area contributed by atoms with Gasteiger partial charge in [0, 0.05) is 0 Å². The van der Waals surface area contributed by atoms with Crippen LogP contribution in [0.5, 0.6) is 0 Å². The van der Waals surface area contributed by atoms with Gasteiger partial charge in [-0.1, -0.05) is 32.1 Å². The monoisotopic (exact) mass is 115 g/mol. The number of hydrogen-bond donors (Lipinski definition) is 1. The smallest absolute Gasteiger partial charge is 0.141 e. The summed E-state index contributed by atoms with van der Waals surface area (Å²) in [5.74, 6) is 0. The minimum absolute atomic E-state index is 0.750. The first-order valence-electron chi connectivity index (χ1n) is 3.35. The molecule has 0 spiro atoms. The molecule has 1 saturated carbocycles. The van der Waals surface area contributed by atoms with Gasteiger partial charge in [-0.25, -0.2) is 0 Å². The Hall–Kier alpha value is -0.0800. The summed E-state index contributed by atoms with van der Waals surface area (Å²) in [5, 5.41) is 0. The highest BCUT2D eigenvalue weighted by Gasteiger charge is 1.95. The van der Waals surface area contributed by atoms with Crippen LogP contribution in [0.2, 0.25) is 0 Å². The third-order valence-electron chi connectivity index (χ3n) is 1.39. The highest BCUT2D eigenvalue weighted by Crippen LogP contribution is 2.15. The van der Waals surface area contributed by atoms with E-state index in [1.807, 2.05) is 0 Å². The molecule has 1 heterocycles. The van der Waals surface area contributed by atoms with Crippen LogP contribution in [0, 0.1) is 0 Å². The molecule has 1 aliphatic heterocycles. The molecule has 2 fully saturated rings. The Kier molecular flexibility index (Phi) is 2.92. The van der Waals surface area contributed by atoms with E-state index >= 15 is 0 Å². The van der Waals surface area contributed by atoms with Crippen LogP contribution in [0.1, 0.15) is 32.1 Å². The van der Waals surface area contributed by atoms with E-state index in [-0.39, 0.29) is 0 Å². The molecule has 2 aliphatic rings. The second-order valence-electron chi connectivity index (χ2n) is 2.20. The zero-order chi connectivity index (χ0) is 5.66. The van der Waals surface area contributed by atoms with Crippen molar-refractivity contribution >= 4 is 0 Å². The third kappa shape index (κ3) is 4.09. The predicted molar refractivity (Wildman–Crippen MR) is 32.2 cm³/mol. The predicted octanol–water partition coefficient (Wildman–Crippen LogP) is 1.43. The lowest BCUT2D eigenvalue weighted by Gasteiger charge is -1.67. The lowest BCUT2D eigenvalue weighted by molar-refractivity contribution is 0.412. The van der Waals surface area contributed by atoms with Crippen LogP contribution in [0.15, 0.2) is 0 Å². The molecule has 2 rings (SSSR count). The largest absolute Gasteiger partial charge is 0.282 e. The Morgan fingerprint density at radius 2 is 1.12 bits per heavy atom. The van der Waals surface area contributed by atoms with Gasteiger partial charge in [-0.2, -0.15) is 5.48 Å². The molecule has 0 aromatic rings. The lowest BCUT2D eigenvalue weighted by atomic mass is 10.4. The molecule has 0 atom stereocenters. The first-order chi connectivity index (χ1) is 4.00. The fraction of sp³-hybridized carbons (Fsp3) is 1.00. The van der Waals surface area contributed by atoms with Crippen LogP contribution in [-0.4, -0.2) is 6.73 Å². The summed E-state index contributed by atoms with van der Waals surface area (Å²) in [5.41, 5.74) is 2.50. The van der Waals surface area contributed by atoms with Gasteiger partial charge >= 0.3 is 0 Å². The molecule has 0 unspecified atom stereocenters. The molecule has 1 aliphatic carbocycles. The summed E-state index contributed by atoms with van der Waals surface area (Å²) < 4.78 is 0. The van der Waals surface area contributed by atoms with Gasteiger partial charge < -0.3 is 0 Å². The maximum absolute atomic E-state index is 4.25. The van der Waals surface area contributed by atoms with Gasteiger partial charge in [0.1, 0.15) is 6.73 Å². The van der Waals surface area contributed by atoms with Gasteiger partial charge in [-0.3, -0.25) is 4.84 Å². The fourth-order valence-corrected chi connectivity index (χ4v) is 0.884. The van der Waals surface area contributed by atoms with Crippen LogP contribution in [0.25, 0.3) is 0 Å². The van der Waals surface area contributed by atoms with E-state index in [0.717, 1.165) is 6.73 Å². The first kappa shape index (κ1) is 6.05. The molecule has 0 aromatic carbocycles. The minimum Gasteiger partial charge on any atom is -0.282 e. The summed E-state index contributed by atoms with van der Waals surface area (Å²) in [6, 6.07) is 0. The number of hydrogen-bond acceptors (Lipinski definition) is 2. The fourth-order valence-electron chi connectivity index (χ4n) is 0.884.